The first-order valence-electron chi connectivity index (χ1n) is 7.03. The van der Waals surface area contributed by atoms with Crippen LogP contribution in [0.1, 0.15) is 27.3 Å². The topological polar surface area (TPSA) is 93.2 Å². The maximum Gasteiger partial charge on any atom is 0.289 e. The highest BCUT2D eigenvalue weighted by atomic mass is 16.5. The highest BCUT2D eigenvalue weighted by Gasteiger charge is 2.09. The molecule has 0 unspecified atom stereocenters. The summed E-state index contributed by atoms with van der Waals surface area (Å²) in [4.78, 5) is 31.3. The number of hydrazine groups is 1. The van der Waals surface area contributed by atoms with Crippen LogP contribution in [0.3, 0.4) is 0 Å². The molecule has 0 saturated heterocycles. The van der Waals surface area contributed by atoms with E-state index in [1.807, 2.05) is 26.0 Å². The van der Waals surface area contributed by atoms with Crippen LogP contribution >= 0.6 is 0 Å². The molecule has 1 aromatic carbocycles. The van der Waals surface area contributed by atoms with E-state index in [1.165, 1.54) is 12.4 Å². The van der Waals surface area contributed by atoms with E-state index in [9.17, 15) is 9.59 Å². The van der Waals surface area contributed by atoms with Crippen LogP contribution in [0.2, 0.25) is 0 Å². The summed E-state index contributed by atoms with van der Waals surface area (Å²) in [5.41, 5.74) is 7.56. The molecule has 2 rings (SSSR count). The van der Waals surface area contributed by atoms with Gasteiger partial charge < -0.3 is 4.74 Å². The summed E-state index contributed by atoms with van der Waals surface area (Å²) >= 11 is 0. The molecular formula is C16H18N4O3. The molecule has 1 heterocycles. The molecular weight excluding hydrogens is 296 g/mol. The molecule has 0 fully saturated rings. The van der Waals surface area contributed by atoms with Gasteiger partial charge in [-0.3, -0.25) is 25.4 Å². The second-order valence-corrected chi connectivity index (χ2v) is 5.08. The Morgan fingerprint density at radius 1 is 1.04 bits per heavy atom. The smallest absolute Gasteiger partial charge is 0.289 e. The van der Waals surface area contributed by atoms with E-state index >= 15 is 0 Å². The Kier molecular flexibility index (Phi) is 5.24. The molecule has 120 valence electrons. The molecule has 23 heavy (non-hydrogen) atoms. The number of rotatable bonds is 4. The molecule has 0 atom stereocenters. The predicted molar refractivity (Wildman–Crippen MR) is 83.8 cm³/mol. The first-order valence-corrected chi connectivity index (χ1v) is 7.03. The van der Waals surface area contributed by atoms with Crippen molar-refractivity contribution in [3.8, 4) is 5.75 Å². The largest absolute Gasteiger partial charge is 0.484 e. The van der Waals surface area contributed by atoms with Gasteiger partial charge in [-0.25, -0.2) is 4.98 Å². The minimum atomic E-state index is -0.544. The van der Waals surface area contributed by atoms with E-state index in [2.05, 4.69) is 20.8 Å². The number of carbonyl (C=O) groups is 2. The van der Waals surface area contributed by atoms with Gasteiger partial charge >= 0.3 is 0 Å². The Labute approximate surface area is 134 Å². The van der Waals surface area contributed by atoms with Crippen molar-refractivity contribution in [3.05, 3.63) is 53.1 Å². The number of benzene rings is 1. The van der Waals surface area contributed by atoms with Crippen LogP contribution in [0.15, 0.2) is 30.6 Å². The molecule has 2 amide bonds. The quantitative estimate of drug-likeness (QED) is 0.828. The van der Waals surface area contributed by atoms with Crippen molar-refractivity contribution in [2.75, 3.05) is 6.61 Å². The number of hydrogen-bond acceptors (Lipinski definition) is 5. The van der Waals surface area contributed by atoms with Crippen LogP contribution in [-0.2, 0) is 4.79 Å². The van der Waals surface area contributed by atoms with Gasteiger partial charge in [0, 0.05) is 6.20 Å². The lowest BCUT2D eigenvalue weighted by molar-refractivity contribution is -0.123. The molecule has 0 saturated carbocycles. The van der Waals surface area contributed by atoms with Gasteiger partial charge in [0.25, 0.3) is 11.8 Å². The van der Waals surface area contributed by atoms with Crippen LogP contribution in [0.25, 0.3) is 0 Å². The van der Waals surface area contributed by atoms with Crippen molar-refractivity contribution in [1.29, 1.82) is 0 Å². The number of amides is 2. The summed E-state index contributed by atoms with van der Waals surface area (Å²) in [5.74, 6) is -0.423. The fraction of sp³-hybridized carbons (Fsp3) is 0.250. The van der Waals surface area contributed by atoms with Crippen molar-refractivity contribution in [3.63, 3.8) is 0 Å². The first kappa shape index (κ1) is 16.4. The zero-order chi connectivity index (χ0) is 16.8. The summed E-state index contributed by atoms with van der Waals surface area (Å²) in [7, 11) is 0. The third-order valence-corrected chi connectivity index (χ3v) is 3.18. The Morgan fingerprint density at radius 2 is 1.83 bits per heavy atom. The number of ether oxygens (including phenoxy) is 1. The lowest BCUT2D eigenvalue weighted by atomic mass is 10.1. The fourth-order valence-corrected chi connectivity index (χ4v) is 1.69. The summed E-state index contributed by atoms with van der Waals surface area (Å²) in [6.07, 6.45) is 2.81. The normalized spacial score (nSPS) is 10.0. The number of carbonyl (C=O) groups excluding carboxylic acids is 2. The lowest BCUT2D eigenvalue weighted by Crippen LogP contribution is -2.44. The van der Waals surface area contributed by atoms with E-state index < -0.39 is 11.8 Å². The average molecular weight is 314 g/mol. The highest BCUT2D eigenvalue weighted by molar-refractivity contribution is 5.93. The molecule has 0 bridgehead atoms. The Morgan fingerprint density at radius 3 is 2.48 bits per heavy atom. The molecule has 0 aliphatic rings. The van der Waals surface area contributed by atoms with Crippen LogP contribution in [0.4, 0.5) is 0 Å². The Hall–Kier alpha value is -2.96. The zero-order valence-electron chi connectivity index (χ0n) is 13.2. The van der Waals surface area contributed by atoms with Gasteiger partial charge in [-0.2, -0.15) is 0 Å². The van der Waals surface area contributed by atoms with E-state index in [4.69, 9.17) is 4.74 Å². The van der Waals surface area contributed by atoms with Gasteiger partial charge in [0.2, 0.25) is 0 Å². The number of aryl methyl sites for hydroxylation is 3. The van der Waals surface area contributed by atoms with Crippen molar-refractivity contribution < 1.29 is 14.3 Å². The molecule has 1 aromatic heterocycles. The minimum absolute atomic E-state index is 0.117. The molecule has 0 aliphatic carbocycles. The summed E-state index contributed by atoms with van der Waals surface area (Å²) < 4.78 is 5.37. The van der Waals surface area contributed by atoms with Gasteiger partial charge in [0.05, 0.1) is 11.9 Å². The molecule has 2 N–H and O–H groups in total. The van der Waals surface area contributed by atoms with E-state index in [0.717, 1.165) is 11.1 Å². The summed E-state index contributed by atoms with van der Waals surface area (Å²) in [6, 6.07) is 5.56. The average Bonchev–Trinajstić information content (AvgIpc) is 2.54. The Bertz CT molecular complexity index is 714. The van der Waals surface area contributed by atoms with Crippen molar-refractivity contribution in [2.24, 2.45) is 0 Å². The van der Waals surface area contributed by atoms with Crippen molar-refractivity contribution >= 4 is 11.8 Å². The van der Waals surface area contributed by atoms with Gasteiger partial charge in [-0.05, 0) is 44.0 Å². The molecule has 0 radical (unpaired) electrons. The SMILES string of the molecule is Cc1cnc(C(=O)NNC(=O)COc2ccc(C)c(C)c2)cn1. The standard InChI is InChI=1S/C16H18N4O3/c1-10-4-5-13(6-11(10)2)23-9-15(21)19-20-16(22)14-8-17-12(3)7-18-14/h4-8H,9H2,1-3H3,(H,19,21)(H,20,22). The van der Waals surface area contributed by atoms with Crippen LogP contribution in [-0.4, -0.2) is 28.4 Å². The Balaban J connectivity index is 1.79. The number of nitrogens with zero attached hydrogens (tertiary/aromatic N) is 2. The monoisotopic (exact) mass is 314 g/mol. The molecule has 2 aromatic rings. The number of hydrogen-bond donors (Lipinski definition) is 2. The number of nitrogens with one attached hydrogen (secondary N) is 2. The highest BCUT2D eigenvalue weighted by Crippen LogP contribution is 2.16. The number of aromatic nitrogens is 2. The van der Waals surface area contributed by atoms with Crippen LogP contribution in [0.5, 0.6) is 5.75 Å². The summed E-state index contributed by atoms with van der Waals surface area (Å²) in [6.45, 7) is 5.52. The first-order chi connectivity index (χ1) is 11.0. The molecule has 7 heteroatoms. The van der Waals surface area contributed by atoms with E-state index in [-0.39, 0.29) is 12.3 Å². The third kappa shape index (κ3) is 4.77. The zero-order valence-corrected chi connectivity index (χ0v) is 13.2. The van der Waals surface area contributed by atoms with Gasteiger partial charge in [-0.1, -0.05) is 6.07 Å². The van der Waals surface area contributed by atoms with Gasteiger partial charge in [0.1, 0.15) is 11.4 Å². The molecule has 0 spiro atoms. The molecule has 0 aliphatic heterocycles. The predicted octanol–water partition coefficient (Wildman–Crippen LogP) is 1.24. The van der Waals surface area contributed by atoms with E-state index in [1.54, 1.807) is 13.0 Å². The lowest BCUT2D eigenvalue weighted by Gasteiger charge is -2.09. The second-order valence-electron chi connectivity index (χ2n) is 5.08. The van der Waals surface area contributed by atoms with Crippen molar-refractivity contribution in [1.82, 2.24) is 20.8 Å². The minimum Gasteiger partial charge on any atom is -0.484 e. The van der Waals surface area contributed by atoms with E-state index in [0.29, 0.717) is 11.4 Å². The van der Waals surface area contributed by atoms with Crippen LogP contribution in [0, 0.1) is 20.8 Å². The second kappa shape index (κ2) is 7.35. The van der Waals surface area contributed by atoms with Gasteiger partial charge in [0.15, 0.2) is 6.61 Å². The fourth-order valence-electron chi connectivity index (χ4n) is 1.69. The van der Waals surface area contributed by atoms with Crippen LogP contribution < -0.4 is 15.6 Å². The van der Waals surface area contributed by atoms with Crippen molar-refractivity contribution in [2.45, 2.75) is 20.8 Å². The summed E-state index contributed by atoms with van der Waals surface area (Å²) in [5, 5.41) is 0. The molecule has 7 nitrogen and oxygen atoms in total. The van der Waals surface area contributed by atoms with Gasteiger partial charge in [-0.15, -0.1) is 0 Å². The third-order valence-electron chi connectivity index (χ3n) is 3.18. The maximum absolute atomic E-state index is 11.7. The maximum atomic E-state index is 11.7.